The Morgan fingerprint density at radius 1 is 1.00 bits per heavy atom. The Labute approximate surface area is 195 Å². The molecular weight excluding hydrogens is 438 g/mol. The summed E-state index contributed by atoms with van der Waals surface area (Å²) in [6, 6.07) is 14.7. The number of piperidine rings is 1. The highest BCUT2D eigenvalue weighted by Gasteiger charge is 2.32. The van der Waals surface area contributed by atoms with Gasteiger partial charge < -0.3 is 10.2 Å². The Balaban J connectivity index is 1.31. The number of nitrogens with one attached hydrogen (secondary N) is 1. The average molecular weight is 470 g/mol. The van der Waals surface area contributed by atoms with E-state index in [4.69, 9.17) is 0 Å². The molecule has 2 aromatic carbocycles. The van der Waals surface area contributed by atoms with Crippen LogP contribution in [0.15, 0.2) is 53.4 Å². The first-order chi connectivity index (χ1) is 15.8. The van der Waals surface area contributed by atoms with Crippen molar-refractivity contribution in [3.8, 4) is 0 Å². The van der Waals surface area contributed by atoms with E-state index < -0.39 is 10.0 Å². The first-order valence-corrected chi connectivity index (χ1v) is 13.0. The molecular formula is C25H31N3O4S. The third kappa shape index (κ3) is 5.45. The van der Waals surface area contributed by atoms with E-state index in [9.17, 15) is 18.0 Å². The average Bonchev–Trinajstić information content (AvgIpc) is 3.23. The molecule has 0 unspecified atom stereocenters. The molecule has 0 bridgehead atoms. The van der Waals surface area contributed by atoms with Gasteiger partial charge in [0, 0.05) is 45.1 Å². The number of carbonyl (C=O) groups excluding carboxylic acids is 2. The number of benzene rings is 2. The SMILES string of the molecule is Cc1ccc(S(=O)(=O)N2CCC(C(=O)NCc3ccccc3CN3CCCC3=O)CC2)cc1. The molecule has 1 N–H and O–H groups in total. The summed E-state index contributed by atoms with van der Waals surface area (Å²) < 4.78 is 27.2. The second-order valence-electron chi connectivity index (χ2n) is 8.90. The Morgan fingerprint density at radius 2 is 1.67 bits per heavy atom. The summed E-state index contributed by atoms with van der Waals surface area (Å²) in [6.07, 6.45) is 2.51. The summed E-state index contributed by atoms with van der Waals surface area (Å²) in [4.78, 5) is 26.9. The van der Waals surface area contributed by atoms with E-state index in [2.05, 4.69) is 5.32 Å². The van der Waals surface area contributed by atoms with Crippen LogP contribution in [0.5, 0.6) is 0 Å². The molecule has 176 valence electrons. The van der Waals surface area contributed by atoms with Crippen molar-refractivity contribution < 1.29 is 18.0 Å². The monoisotopic (exact) mass is 469 g/mol. The summed E-state index contributed by atoms with van der Waals surface area (Å²) >= 11 is 0. The summed E-state index contributed by atoms with van der Waals surface area (Å²) in [5.41, 5.74) is 3.06. The Kier molecular flexibility index (Phi) is 7.14. The normalized spacial score (nSPS) is 18.0. The van der Waals surface area contributed by atoms with Gasteiger partial charge in [-0.15, -0.1) is 0 Å². The third-order valence-corrected chi connectivity index (χ3v) is 8.50. The third-order valence-electron chi connectivity index (χ3n) is 6.59. The molecule has 4 rings (SSSR count). The maximum absolute atomic E-state index is 12.9. The molecule has 0 aromatic heterocycles. The number of sulfonamides is 1. The van der Waals surface area contributed by atoms with Gasteiger partial charge in [0.2, 0.25) is 21.8 Å². The summed E-state index contributed by atoms with van der Waals surface area (Å²) in [5.74, 6) is -0.0718. The fourth-order valence-electron chi connectivity index (χ4n) is 4.51. The van der Waals surface area contributed by atoms with Crippen molar-refractivity contribution >= 4 is 21.8 Å². The fourth-order valence-corrected chi connectivity index (χ4v) is 5.98. The van der Waals surface area contributed by atoms with Crippen molar-refractivity contribution in [2.75, 3.05) is 19.6 Å². The van der Waals surface area contributed by atoms with Crippen molar-refractivity contribution in [3.05, 3.63) is 65.2 Å². The number of likely N-dealkylation sites (tertiary alicyclic amines) is 1. The van der Waals surface area contributed by atoms with Gasteiger partial charge in [0.25, 0.3) is 0 Å². The molecule has 7 nitrogen and oxygen atoms in total. The molecule has 2 aliphatic heterocycles. The van der Waals surface area contributed by atoms with Crippen LogP contribution in [0.25, 0.3) is 0 Å². The summed E-state index contributed by atoms with van der Waals surface area (Å²) in [6.45, 7) is 4.34. The van der Waals surface area contributed by atoms with Crippen LogP contribution in [-0.4, -0.2) is 49.1 Å². The van der Waals surface area contributed by atoms with Crippen LogP contribution in [0.2, 0.25) is 0 Å². The van der Waals surface area contributed by atoms with Gasteiger partial charge in [-0.1, -0.05) is 42.0 Å². The van der Waals surface area contributed by atoms with Crippen molar-refractivity contribution in [1.82, 2.24) is 14.5 Å². The van der Waals surface area contributed by atoms with E-state index in [0.29, 0.717) is 50.3 Å². The first-order valence-electron chi connectivity index (χ1n) is 11.5. The van der Waals surface area contributed by atoms with Crippen LogP contribution in [0.3, 0.4) is 0 Å². The van der Waals surface area contributed by atoms with Gasteiger partial charge in [-0.2, -0.15) is 4.31 Å². The lowest BCUT2D eigenvalue weighted by atomic mass is 9.97. The summed E-state index contributed by atoms with van der Waals surface area (Å²) in [5, 5.41) is 3.03. The summed E-state index contributed by atoms with van der Waals surface area (Å²) in [7, 11) is -3.54. The molecule has 0 aliphatic carbocycles. The maximum Gasteiger partial charge on any atom is 0.243 e. The standard InChI is InChI=1S/C25H31N3O4S/c1-19-8-10-23(11-9-19)33(31,32)28-15-12-20(13-16-28)25(30)26-17-21-5-2-3-6-22(21)18-27-14-4-7-24(27)29/h2-3,5-6,8-11,20H,4,7,12-18H2,1H3,(H,26,30). The van der Waals surface area contributed by atoms with Crippen LogP contribution in [0, 0.1) is 12.8 Å². The van der Waals surface area contributed by atoms with E-state index in [0.717, 1.165) is 29.7 Å². The molecule has 0 spiro atoms. The fraction of sp³-hybridized carbons (Fsp3) is 0.440. The van der Waals surface area contributed by atoms with Crippen LogP contribution in [0.4, 0.5) is 0 Å². The molecule has 0 saturated carbocycles. The van der Waals surface area contributed by atoms with E-state index >= 15 is 0 Å². The smallest absolute Gasteiger partial charge is 0.243 e. The minimum atomic E-state index is -3.54. The second kappa shape index (κ2) is 10.1. The van der Waals surface area contributed by atoms with Gasteiger partial charge in [0.1, 0.15) is 0 Å². The molecule has 33 heavy (non-hydrogen) atoms. The lowest BCUT2D eigenvalue weighted by molar-refractivity contribution is -0.128. The zero-order valence-corrected chi connectivity index (χ0v) is 19.8. The topological polar surface area (TPSA) is 86.8 Å². The van der Waals surface area contributed by atoms with Gasteiger partial charge >= 0.3 is 0 Å². The van der Waals surface area contributed by atoms with Gasteiger partial charge in [-0.05, 0) is 49.4 Å². The van der Waals surface area contributed by atoms with Crippen molar-refractivity contribution in [2.45, 2.75) is 50.6 Å². The number of aryl methyl sites for hydroxylation is 1. The minimum Gasteiger partial charge on any atom is -0.352 e. The van der Waals surface area contributed by atoms with Crippen LogP contribution in [0.1, 0.15) is 42.4 Å². The van der Waals surface area contributed by atoms with Crippen molar-refractivity contribution in [2.24, 2.45) is 5.92 Å². The highest BCUT2D eigenvalue weighted by molar-refractivity contribution is 7.89. The van der Waals surface area contributed by atoms with Crippen LogP contribution in [-0.2, 0) is 32.7 Å². The van der Waals surface area contributed by atoms with E-state index in [1.165, 1.54) is 4.31 Å². The molecule has 0 atom stereocenters. The lowest BCUT2D eigenvalue weighted by Gasteiger charge is -2.30. The van der Waals surface area contributed by atoms with E-state index in [1.54, 1.807) is 24.3 Å². The molecule has 2 aromatic rings. The number of nitrogens with zero attached hydrogens (tertiary/aromatic N) is 2. The van der Waals surface area contributed by atoms with E-state index in [-0.39, 0.29) is 17.7 Å². The van der Waals surface area contributed by atoms with Gasteiger partial charge in [-0.25, -0.2) is 8.42 Å². The first kappa shape index (κ1) is 23.4. The van der Waals surface area contributed by atoms with Crippen LogP contribution >= 0.6 is 0 Å². The molecule has 8 heteroatoms. The quantitative estimate of drug-likeness (QED) is 0.676. The zero-order chi connectivity index (χ0) is 23.4. The molecule has 2 fully saturated rings. The lowest BCUT2D eigenvalue weighted by Crippen LogP contribution is -2.42. The predicted octanol–water partition coefficient (Wildman–Crippen LogP) is 2.83. The highest BCUT2D eigenvalue weighted by Crippen LogP contribution is 2.24. The van der Waals surface area contributed by atoms with Crippen LogP contribution < -0.4 is 5.32 Å². The number of amides is 2. The number of hydrogen-bond acceptors (Lipinski definition) is 4. The van der Waals surface area contributed by atoms with Gasteiger partial charge in [0.05, 0.1) is 4.90 Å². The largest absolute Gasteiger partial charge is 0.352 e. The zero-order valence-electron chi connectivity index (χ0n) is 19.0. The Morgan fingerprint density at radius 3 is 2.30 bits per heavy atom. The predicted molar refractivity (Wildman–Crippen MR) is 126 cm³/mol. The number of carbonyl (C=O) groups is 2. The highest BCUT2D eigenvalue weighted by atomic mass is 32.2. The molecule has 0 radical (unpaired) electrons. The van der Waals surface area contributed by atoms with E-state index in [1.807, 2.05) is 36.1 Å². The number of hydrogen-bond donors (Lipinski definition) is 1. The van der Waals surface area contributed by atoms with Crippen molar-refractivity contribution in [3.63, 3.8) is 0 Å². The molecule has 2 aliphatic rings. The Hall–Kier alpha value is -2.71. The Bertz CT molecular complexity index is 1110. The minimum absolute atomic E-state index is 0.0468. The van der Waals surface area contributed by atoms with Crippen molar-refractivity contribution in [1.29, 1.82) is 0 Å². The maximum atomic E-state index is 12.9. The van der Waals surface area contributed by atoms with Gasteiger partial charge in [0.15, 0.2) is 0 Å². The molecule has 2 saturated heterocycles. The molecule has 2 amide bonds. The molecule has 2 heterocycles. The number of rotatable bonds is 7. The second-order valence-corrected chi connectivity index (χ2v) is 10.8. The van der Waals surface area contributed by atoms with Gasteiger partial charge in [-0.3, -0.25) is 9.59 Å².